The number of aromatic nitrogens is 3. The van der Waals surface area contributed by atoms with Crippen LogP contribution in [-0.4, -0.2) is 37.5 Å². The van der Waals surface area contributed by atoms with E-state index in [0.717, 1.165) is 11.1 Å². The highest BCUT2D eigenvalue weighted by molar-refractivity contribution is 5.94. The summed E-state index contributed by atoms with van der Waals surface area (Å²) in [5.41, 5.74) is 12.8. The molecule has 0 fully saturated rings. The minimum Gasteiger partial charge on any atom is -0.388 e. The van der Waals surface area contributed by atoms with Gasteiger partial charge in [-0.2, -0.15) is 0 Å². The number of aliphatic hydroxyl groups excluding tert-OH is 1. The zero-order valence-corrected chi connectivity index (χ0v) is 19.2. The van der Waals surface area contributed by atoms with Gasteiger partial charge < -0.3 is 31.4 Å². The second-order valence-corrected chi connectivity index (χ2v) is 8.45. The Bertz CT molecular complexity index is 1260. The van der Waals surface area contributed by atoms with Gasteiger partial charge in [-0.25, -0.2) is 4.98 Å². The number of carbonyl (C=O) groups is 2. The Labute approximate surface area is 196 Å². The zero-order valence-electron chi connectivity index (χ0n) is 19.2. The second-order valence-electron chi connectivity index (χ2n) is 8.45. The number of para-hydroxylation sites is 1. The molecule has 0 spiro atoms. The van der Waals surface area contributed by atoms with E-state index in [4.69, 9.17) is 11.5 Å². The van der Waals surface area contributed by atoms with E-state index in [1.807, 2.05) is 32.0 Å². The maximum Gasteiger partial charge on any atom is 0.274 e. The molecule has 10 heteroatoms. The van der Waals surface area contributed by atoms with Crippen molar-refractivity contribution in [1.29, 1.82) is 0 Å². The first kappa shape index (κ1) is 24.9. The summed E-state index contributed by atoms with van der Waals surface area (Å²) < 4.78 is 1.42. The topological polar surface area (TPSA) is 169 Å². The molecule has 1 unspecified atom stereocenters. The summed E-state index contributed by atoms with van der Waals surface area (Å²) in [5.74, 6) is -0.501. The molecule has 7 N–H and O–H groups in total. The van der Waals surface area contributed by atoms with Crippen molar-refractivity contribution in [2.45, 2.75) is 45.4 Å². The van der Waals surface area contributed by atoms with Crippen LogP contribution in [0, 0.1) is 5.92 Å². The van der Waals surface area contributed by atoms with Crippen molar-refractivity contribution in [3.05, 3.63) is 70.4 Å². The van der Waals surface area contributed by atoms with Gasteiger partial charge in [0, 0.05) is 11.8 Å². The zero-order chi connectivity index (χ0) is 24.8. The molecule has 0 bridgehead atoms. The van der Waals surface area contributed by atoms with Crippen LogP contribution in [0.4, 0.5) is 5.69 Å². The highest BCUT2D eigenvalue weighted by Gasteiger charge is 2.18. The van der Waals surface area contributed by atoms with E-state index in [9.17, 15) is 19.5 Å². The summed E-state index contributed by atoms with van der Waals surface area (Å²) >= 11 is 0. The molecule has 0 saturated heterocycles. The number of aliphatic hydroxyl groups is 1. The number of amides is 2. The predicted octanol–water partition coefficient (Wildman–Crippen LogP) is 1.55. The Hall–Kier alpha value is -3.76. The number of anilines is 1. The summed E-state index contributed by atoms with van der Waals surface area (Å²) in [6.45, 7) is 4.01. The summed E-state index contributed by atoms with van der Waals surface area (Å²) in [5, 5.41) is 13.1. The minimum absolute atomic E-state index is 0.0270. The number of hydrogen-bond acceptors (Lipinski definition) is 6. The number of H-pyrrole nitrogens is 1. The van der Waals surface area contributed by atoms with E-state index < -0.39 is 29.5 Å². The van der Waals surface area contributed by atoms with E-state index in [2.05, 4.69) is 15.3 Å². The van der Waals surface area contributed by atoms with Crippen LogP contribution in [0.25, 0.3) is 11.0 Å². The van der Waals surface area contributed by atoms with E-state index in [1.54, 1.807) is 18.3 Å². The lowest BCUT2D eigenvalue weighted by Crippen LogP contribution is -2.37. The Morgan fingerprint density at radius 3 is 2.74 bits per heavy atom. The summed E-state index contributed by atoms with van der Waals surface area (Å²) in [4.78, 5) is 43.8. The lowest BCUT2D eigenvalue weighted by atomic mass is 9.98. The van der Waals surface area contributed by atoms with Crippen molar-refractivity contribution in [2.24, 2.45) is 17.4 Å². The van der Waals surface area contributed by atoms with Crippen LogP contribution in [-0.2, 0) is 16.1 Å². The van der Waals surface area contributed by atoms with Gasteiger partial charge in [0.2, 0.25) is 11.8 Å². The smallest absolute Gasteiger partial charge is 0.274 e. The molecule has 0 aliphatic heterocycles. The van der Waals surface area contributed by atoms with Crippen LogP contribution in [0.15, 0.2) is 53.5 Å². The first-order valence-corrected chi connectivity index (χ1v) is 11.0. The Kier molecular flexibility index (Phi) is 7.98. The SMILES string of the molecule is CC(C)C(O)c1cccc2[nH]c(Cn3cccc(NC(=O)[C@@H](N)CC/C=C/C(N)=O)c3=O)nc12. The number of pyridine rings is 1. The number of hydrogen-bond donors (Lipinski definition) is 5. The quantitative estimate of drug-likeness (QED) is 0.284. The van der Waals surface area contributed by atoms with Gasteiger partial charge in [-0.05, 0) is 43.0 Å². The highest BCUT2D eigenvalue weighted by atomic mass is 16.3. The number of nitrogens with one attached hydrogen (secondary N) is 2. The van der Waals surface area contributed by atoms with E-state index >= 15 is 0 Å². The molecule has 3 rings (SSSR count). The van der Waals surface area contributed by atoms with Crippen molar-refractivity contribution in [3.63, 3.8) is 0 Å². The third kappa shape index (κ3) is 5.97. The van der Waals surface area contributed by atoms with Crippen molar-refractivity contribution in [3.8, 4) is 0 Å². The molecule has 0 aliphatic rings. The molecule has 0 aliphatic carbocycles. The molecule has 2 atom stereocenters. The maximum absolute atomic E-state index is 12.9. The molecule has 2 amide bonds. The molecule has 0 radical (unpaired) electrons. The number of nitrogens with two attached hydrogens (primary N) is 2. The van der Waals surface area contributed by atoms with Crippen molar-refractivity contribution < 1.29 is 14.7 Å². The molecule has 10 nitrogen and oxygen atoms in total. The van der Waals surface area contributed by atoms with E-state index in [0.29, 0.717) is 24.2 Å². The number of nitrogens with zero attached hydrogens (tertiary/aromatic N) is 2. The summed E-state index contributed by atoms with van der Waals surface area (Å²) in [6.07, 6.45) is 4.39. The number of allylic oxidation sites excluding steroid dienone is 1. The van der Waals surface area contributed by atoms with Gasteiger partial charge in [-0.3, -0.25) is 14.4 Å². The fourth-order valence-corrected chi connectivity index (χ4v) is 3.53. The number of imidazole rings is 1. The highest BCUT2D eigenvalue weighted by Crippen LogP contribution is 2.27. The van der Waals surface area contributed by atoms with Crippen LogP contribution in [0.3, 0.4) is 0 Å². The maximum atomic E-state index is 12.9. The third-order valence-corrected chi connectivity index (χ3v) is 5.40. The molecule has 3 aromatic rings. The second kappa shape index (κ2) is 10.9. The van der Waals surface area contributed by atoms with Crippen LogP contribution >= 0.6 is 0 Å². The monoisotopic (exact) mass is 466 g/mol. The fourth-order valence-electron chi connectivity index (χ4n) is 3.53. The number of benzene rings is 1. The summed E-state index contributed by atoms with van der Waals surface area (Å²) in [7, 11) is 0. The first-order chi connectivity index (χ1) is 16.2. The number of primary amides is 1. The minimum atomic E-state index is -0.855. The van der Waals surface area contributed by atoms with Gasteiger partial charge >= 0.3 is 0 Å². The van der Waals surface area contributed by atoms with Crippen LogP contribution in [0.1, 0.15) is 44.2 Å². The molecule has 2 heterocycles. The Morgan fingerprint density at radius 2 is 2.03 bits per heavy atom. The van der Waals surface area contributed by atoms with E-state index in [1.165, 1.54) is 16.7 Å². The number of rotatable bonds is 10. The standard InChI is InChI=1S/C24H30N6O4/c1-14(2)22(32)15-7-5-9-17-21(15)29-20(27-17)13-30-12-6-10-18(24(30)34)28-23(33)16(25)8-3-4-11-19(26)31/h4-7,9-12,14,16,22,32H,3,8,13,25H2,1-2H3,(H2,26,31)(H,27,29)(H,28,33)/b11-4+/t16-,22?/m0/s1. The molecule has 180 valence electrons. The molecule has 0 saturated carbocycles. The van der Waals surface area contributed by atoms with Crippen LogP contribution < -0.4 is 22.3 Å². The summed E-state index contributed by atoms with van der Waals surface area (Å²) in [6, 6.07) is 7.85. The largest absolute Gasteiger partial charge is 0.388 e. The fraction of sp³-hybridized carbons (Fsp3) is 0.333. The first-order valence-electron chi connectivity index (χ1n) is 11.0. The predicted molar refractivity (Wildman–Crippen MR) is 130 cm³/mol. The van der Waals surface area contributed by atoms with Gasteiger partial charge in [-0.15, -0.1) is 0 Å². The normalized spacial score (nSPS) is 13.4. The average Bonchev–Trinajstić information content (AvgIpc) is 3.21. The van der Waals surface area contributed by atoms with Crippen molar-refractivity contribution in [2.75, 3.05) is 5.32 Å². The Balaban J connectivity index is 1.75. The Morgan fingerprint density at radius 1 is 1.26 bits per heavy atom. The van der Waals surface area contributed by atoms with Gasteiger partial charge in [-0.1, -0.05) is 32.1 Å². The average molecular weight is 467 g/mol. The van der Waals surface area contributed by atoms with Gasteiger partial charge in [0.1, 0.15) is 11.5 Å². The third-order valence-electron chi connectivity index (χ3n) is 5.40. The molecule has 1 aromatic carbocycles. The lowest BCUT2D eigenvalue weighted by molar-refractivity contribution is -0.117. The van der Waals surface area contributed by atoms with Crippen molar-refractivity contribution in [1.82, 2.24) is 14.5 Å². The number of carbonyl (C=O) groups excluding carboxylic acids is 2. The van der Waals surface area contributed by atoms with E-state index in [-0.39, 0.29) is 18.2 Å². The van der Waals surface area contributed by atoms with Crippen LogP contribution in [0.5, 0.6) is 0 Å². The van der Waals surface area contributed by atoms with Gasteiger partial charge in [0.25, 0.3) is 5.56 Å². The lowest BCUT2D eigenvalue weighted by Gasteiger charge is -2.14. The molecular formula is C24H30N6O4. The molecule has 34 heavy (non-hydrogen) atoms. The van der Waals surface area contributed by atoms with Crippen LogP contribution in [0.2, 0.25) is 0 Å². The number of fused-ring (bicyclic) bond motifs is 1. The number of aromatic amines is 1. The van der Waals surface area contributed by atoms with Crippen molar-refractivity contribution >= 4 is 28.5 Å². The van der Waals surface area contributed by atoms with Gasteiger partial charge in [0.05, 0.1) is 29.7 Å². The van der Waals surface area contributed by atoms with Gasteiger partial charge in [0.15, 0.2) is 0 Å². The molecular weight excluding hydrogens is 436 g/mol. The molecule has 2 aromatic heterocycles.